The van der Waals surface area contributed by atoms with Crippen molar-refractivity contribution in [1.82, 2.24) is 0 Å². The number of hydrogen-bond acceptors (Lipinski definition) is 5. The molecule has 1 heterocycles. The molecular formula is C23H25F2IN2O3. The predicted octanol–water partition coefficient (Wildman–Crippen LogP) is 5.45. The van der Waals surface area contributed by atoms with Crippen molar-refractivity contribution in [3.05, 3.63) is 63.6 Å². The number of anilines is 1. The number of rotatable bonds is 6. The van der Waals surface area contributed by atoms with Crippen LogP contribution in [0.15, 0.2) is 35.5 Å². The standard InChI is InChI=1S/C23H25F2IN2O3/c24-18-11-15(13-26)12-19(25)22(18)28-9-7-23(27-30,8-10-28)14-31-21-6-2-3-16-17(21)4-1-5-20(16)29/h2-3,6,11-12,20,29H,1,4-5,7-10,13-14H2. The first kappa shape index (κ1) is 22.4. The molecule has 1 aliphatic heterocycles. The molecule has 1 saturated heterocycles. The Bertz CT molecular complexity index is 941. The number of nitrogens with zero attached hydrogens (tertiary/aromatic N) is 2. The van der Waals surface area contributed by atoms with Crippen LogP contribution in [0.4, 0.5) is 14.5 Å². The molecule has 8 heteroatoms. The number of halogens is 3. The van der Waals surface area contributed by atoms with E-state index in [-0.39, 0.29) is 12.3 Å². The summed E-state index contributed by atoms with van der Waals surface area (Å²) in [6.07, 6.45) is 2.65. The molecule has 166 valence electrons. The Balaban J connectivity index is 1.46. The molecule has 1 atom stereocenters. The van der Waals surface area contributed by atoms with Gasteiger partial charge in [-0.05, 0) is 67.0 Å². The molecule has 1 unspecified atom stereocenters. The maximum absolute atomic E-state index is 14.5. The first-order valence-electron chi connectivity index (χ1n) is 10.5. The Morgan fingerprint density at radius 3 is 2.58 bits per heavy atom. The van der Waals surface area contributed by atoms with Crippen LogP contribution in [0.2, 0.25) is 0 Å². The zero-order valence-electron chi connectivity index (χ0n) is 17.1. The van der Waals surface area contributed by atoms with E-state index in [1.165, 1.54) is 12.1 Å². The van der Waals surface area contributed by atoms with Crippen molar-refractivity contribution in [2.75, 3.05) is 24.6 Å². The smallest absolute Gasteiger partial charge is 0.149 e. The summed E-state index contributed by atoms with van der Waals surface area (Å²) in [6, 6.07) is 8.33. The topological polar surface area (TPSA) is 62.1 Å². The van der Waals surface area contributed by atoms with E-state index < -0.39 is 23.3 Å². The van der Waals surface area contributed by atoms with Crippen LogP contribution >= 0.6 is 22.6 Å². The van der Waals surface area contributed by atoms with Crippen LogP contribution in [0, 0.1) is 16.5 Å². The van der Waals surface area contributed by atoms with Crippen LogP contribution in [0.1, 0.15) is 48.5 Å². The van der Waals surface area contributed by atoms with Gasteiger partial charge in [-0.25, -0.2) is 8.78 Å². The summed E-state index contributed by atoms with van der Waals surface area (Å²) in [5.41, 5.74) is 1.48. The third-order valence-electron chi connectivity index (χ3n) is 6.36. The Morgan fingerprint density at radius 1 is 1.23 bits per heavy atom. The van der Waals surface area contributed by atoms with Crippen molar-refractivity contribution in [2.45, 2.75) is 48.2 Å². The van der Waals surface area contributed by atoms with E-state index in [0.717, 1.165) is 30.4 Å². The maximum Gasteiger partial charge on any atom is 0.149 e. The second-order valence-corrected chi connectivity index (χ2v) is 9.13. The van der Waals surface area contributed by atoms with Crippen LogP contribution in [0.25, 0.3) is 0 Å². The van der Waals surface area contributed by atoms with Gasteiger partial charge in [0.2, 0.25) is 0 Å². The Kier molecular flexibility index (Phi) is 6.76. The Morgan fingerprint density at radius 2 is 1.94 bits per heavy atom. The molecule has 2 aromatic rings. The van der Waals surface area contributed by atoms with Gasteiger partial charge in [-0.2, -0.15) is 4.91 Å². The molecule has 0 amide bonds. The van der Waals surface area contributed by atoms with Gasteiger partial charge in [-0.1, -0.05) is 39.9 Å². The van der Waals surface area contributed by atoms with Crippen molar-refractivity contribution in [1.29, 1.82) is 0 Å². The highest BCUT2D eigenvalue weighted by Crippen LogP contribution is 2.37. The van der Waals surface area contributed by atoms with Gasteiger partial charge in [0.15, 0.2) is 0 Å². The van der Waals surface area contributed by atoms with Gasteiger partial charge in [-0.15, -0.1) is 0 Å². The number of benzene rings is 2. The molecule has 5 nitrogen and oxygen atoms in total. The second kappa shape index (κ2) is 9.36. The molecule has 1 fully saturated rings. The molecule has 4 rings (SSSR count). The molecule has 1 N–H and O–H groups in total. The minimum absolute atomic E-state index is 0.0415. The van der Waals surface area contributed by atoms with Gasteiger partial charge < -0.3 is 14.7 Å². The van der Waals surface area contributed by atoms with Crippen molar-refractivity contribution in [3.63, 3.8) is 0 Å². The number of hydrogen-bond donors (Lipinski definition) is 1. The van der Waals surface area contributed by atoms with Gasteiger partial charge in [0, 0.05) is 17.5 Å². The lowest BCUT2D eigenvalue weighted by atomic mass is 9.88. The molecule has 0 aromatic heterocycles. The number of aliphatic hydroxyl groups excluding tert-OH is 1. The van der Waals surface area contributed by atoms with Crippen molar-refractivity contribution >= 4 is 28.3 Å². The highest BCUT2D eigenvalue weighted by molar-refractivity contribution is 14.1. The number of alkyl halides is 1. The van der Waals surface area contributed by atoms with Crippen LogP contribution in [-0.4, -0.2) is 30.3 Å². The fourth-order valence-electron chi connectivity index (χ4n) is 4.54. The van der Waals surface area contributed by atoms with Crippen LogP contribution in [0.3, 0.4) is 0 Å². The zero-order chi connectivity index (χ0) is 22.0. The number of fused-ring (bicyclic) bond motifs is 1. The molecule has 2 aromatic carbocycles. The van der Waals surface area contributed by atoms with Gasteiger partial charge in [0.1, 0.15) is 35.2 Å². The normalized spacial score (nSPS) is 20.3. The summed E-state index contributed by atoms with van der Waals surface area (Å²) in [5, 5.41) is 13.6. The molecule has 0 spiro atoms. The third kappa shape index (κ3) is 4.55. The van der Waals surface area contributed by atoms with Crippen LogP contribution in [0.5, 0.6) is 5.75 Å². The van der Waals surface area contributed by atoms with Crippen molar-refractivity contribution in [3.8, 4) is 5.75 Å². The van der Waals surface area contributed by atoms with Crippen molar-refractivity contribution in [2.24, 2.45) is 5.18 Å². The maximum atomic E-state index is 14.5. The number of ether oxygens (including phenoxy) is 1. The van der Waals surface area contributed by atoms with E-state index in [1.807, 2.05) is 18.2 Å². The highest BCUT2D eigenvalue weighted by atomic mass is 127. The van der Waals surface area contributed by atoms with Gasteiger partial charge in [-0.3, -0.25) is 0 Å². The minimum atomic E-state index is -0.943. The number of piperidine rings is 1. The quantitative estimate of drug-likeness (QED) is 0.300. The highest BCUT2D eigenvalue weighted by Gasteiger charge is 2.38. The average Bonchev–Trinajstić information content (AvgIpc) is 2.78. The second-order valence-electron chi connectivity index (χ2n) is 8.37. The van der Waals surface area contributed by atoms with E-state index >= 15 is 0 Å². The van der Waals surface area contributed by atoms with E-state index in [0.29, 0.717) is 41.7 Å². The van der Waals surface area contributed by atoms with E-state index in [2.05, 4.69) is 27.8 Å². The fraction of sp³-hybridized carbons (Fsp3) is 0.478. The summed E-state index contributed by atoms with van der Waals surface area (Å²) >= 11 is 2.07. The fourth-order valence-corrected chi connectivity index (χ4v) is 4.98. The Hall–Kier alpha value is -1.81. The number of aliphatic hydroxyl groups is 1. The lowest BCUT2D eigenvalue weighted by Gasteiger charge is -2.38. The molecule has 31 heavy (non-hydrogen) atoms. The van der Waals surface area contributed by atoms with Crippen LogP contribution in [-0.2, 0) is 10.8 Å². The summed E-state index contributed by atoms with van der Waals surface area (Å²) < 4.78 is 35.6. The predicted molar refractivity (Wildman–Crippen MR) is 124 cm³/mol. The molecule has 1 aliphatic carbocycles. The molecule has 0 bridgehead atoms. The lowest BCUT2D eigenvalue weighted by Crippen LogP contribution is -2.47. The first-order valence-corrected chi connectivity index (χ1v) is 12.0. The lowest BCUT2D eigenvalue weighted by molar-refractivity contribution is 0.152. The van der Waals surface area contributed by atoms with Gasteiger partial charge in [0.25, 0.3) is 0 Å². The molecular weight excluding hydrogens is 517 g/mol. The monoisotopic (exact) mass is 542 g/mol. The largest absolute Gasteiger partial charge is 0.491 e. The summed E-state index contributed by atoms with van der Waals surface area (Å²) in [4.78, 5) is 13.4. The van der Waals surface area contributed by atoms with Gasteiger partial charge >= 0.3 is 0 Å². The van der Waals surface area contributed by atoms with Gasteiger partial charge in [0.05, 0.1) is 6.10 Å². The molecule has 2 aliphatic rings. The average molecular weight is 542 g/mol. The summed E-state index contributed by atoms with van der Waals surface area (Å²) in [7, 11) is 0. The van der Waals surface area contributed by atoms with E-state index in [9.17, 15) is 18.8 Å². The SMILES string of the molecule is O=NC1(COc2cccc3c2CCCC3O)CCN(c2c(F)cc(CI)cc2F)CC1. The Labute approximate surface area is 193 Å². The van der Waals surface area contributed by atoms with Crippen LogP contribution < -0.4 is 9.64 Å². The summed E-state index contributed by atoms with van der Waals surface area (Å²) in [6.45, 7) is 0.742. The van der Waals surface area contributed by atoms with Crippen molar-refractivity contribution < 1.29 is 18.6 Å². The number of nitroso groups, excluding NO2 is 1. The first-order chi connectivity index (χ1) is 15.0. The summed E-state index contributed by atoms with van der Waals surface area (Å²) in [5.74, 6) is -0.485. The van der Waals surface area contributed by atoms with E-state index in [1.54, 1.807) is 4.90 Å². The third-order valence-corrected chi connectivity index (χ3v) is 7.24. The van der Waals surface area contributed by atoms with E-state index in [4.69, 9.17) is 4.74 Å². The molecule has 0 radical (unpaired) electrons. The zero-order valence-corrected chi connectivity index (χ0v) is 19.3. The minimum Gasteiger partial charge on any atom is -0.491 e. The molecule has 0 saturated carbocycles.